The molecule has 1 N–H and O–H groups in total. The Morgan fingerprint density at radius 2 is 1.78 bits per heavy atom. The molecule has 0 spiro atoms. The molecule has 2 aromatic carbocycles. The van der Waals surface area contributed by atoms with E-state index < -0.39 is 11.6 Å². The van der Waals surface area contributed by atoms with Crippen LogP contribution in [0.5, 0.6) is 0 Å². The monoisotopic (exact) mass is 442 g/mol. The topological polar surface area (TPSA) is 58.5 Å². The summed E-state index contributed by atoms with van der Waals surface area (Å²) < 4.78 is 33.9. The number of morpholine rings is 1. The molecule has 1 aromatic heterocycles. The molecule has 7 nitrogen and oxygen atoms in total. The number of hydrogen-bond acceptors (Lipinski definition) is 6. The Bertz CT molecular complexity index is 1080. The molecule has 0 aliphatic carbocycles. The molecule has 5 rings (SSSR count). The predicted molar refractivity (Wildman–Crippen MR) is 121 cm³/mol. The first-order valence-electron chi connectivity index (χ1n) is 10.9. The molecule has 0 radical (unpaired) electrons. The van der Waals surface area contributed by atoms with Gasteiger partial charge in [-0.15, -0.1) is 5.10 Å². The third kappa shape index (κ3) is 4.58. The number of benzene rings is 2. The van der Waals surface area contributed by atoms with Crippen LogP contribution in [0.1, 0.15) is 13.4 Å². The Morgan fingerprint density at radius 3 is 2.56 bits per heavy atom. The maximum atomic E-state index is 13.5. The molecule has 0 saturated carbocycles. The van der Waals surface area contributed by atoms with E-state index in [9.17, 15) is 8.78 Å². The molecular formula is C23H28F2N6O. The van der Waals surface area contributed by atoms with Crippen LogP contribution in [-0.4, -0.2) is 65.1 Å². The van der Waals surface area contributed by atoms with Crippen LogP contribution < -0.4 is 10.2 Å². The second-order valence-electron chi connectivity index (χ2n) is 8.36. The molecule has 3 heterocycles. The van der Waals surface area contributed by atoms with E-state index >= 15 is 0 Å². The van der Waals surface area contributed by atoms with E-state index in [0.717, 1.165) is 68.8 Å². The summed E-state index contributed by atoms with van der Waals surface area (Å²) in [5.74, 6) is -0.956. The molecule has 2 fully saturated rings. The van der Waals surface area contributed by atoms with Crippen LogP contribution in [0.2, 0.25) is 0 Å². The lowest BCUT2D eigenvalue weighted by atomic mass is 10.2. The Morgan fingerprint density at radius 1 is 1.00 bits per heavy atom. The molecular weight excluding hydrogens is 414 g/mol. The van der Waals surface area contributed by atoms with Gasteiger partial charge in [-0.05, 0) is 49.2 Å². The van der Waals surface area contributed by atoms with E-state index in [2.05, 4.69) is 44.3 Å². The summed E-state index contributed by atoms with van der Waals surface area (Å²) in [6.07, 6.45) is 2.58. The number of ether oxygens (including phenoxy) is 1. The molecule has 0 amide bonds. The van der Waals surface area contributed by atoms with Gasteiger partial charge in [0.2, 0.25) is 5.95 Å². The smallest absolute Gasteiger partial charge is 0.246 e. The Labute approximate surface area is 187 Å². The SMILES string of the molecule is Cc1cc(Nc2ncn(-c3cc(F)cc(F)c3)n2)cc(N2CCC(N3CCOCC3)C2)c1.[HH]. The van der Waals surface area contributed by atoms with Crippen LogP contribution >= 0.6 is 0 Å². The lowest BCUT2D eigenvalue weighted by Gasteiger charge is -2.32. The summed E-state index contributed by atoms with van der Waals surface area (Å²) in [5.41, 5.74) is 3.44. The van der Waals surface area contributed by atoms with Crippen LogP contribution in [0.15, 0.2) is 42.7 Å². The van der Waals surface area contributed by atoms with Crippen molar-refractivity contribution in [1.29, 1.82) is 0 Å². The number of nitrogens with zero attached hydrogens (tertiary/aromatic N) is 5. The van der Waals surface area contributed by atoms with Crippen molar-refractivity contribution in [2.75, 3.05) is 49.6 Å². The second-order valence-corrected chi connectivity index (χ2v) is 8.36. The third-order valence-corrected chi connectivity index (χ3v) is 6.01. The third-order valence-electron chi connectivity index (χ3n) is 6.01. The van der Waals surface area contributed by atoms with Crippen molar-refractivity contribution in [3.8, 4) is 5.69 Å². The maximum absolute atomic E-state index is 13.5. The summed E-state index contributed by atoms with van der Waals surface area (Å²) >= 11 is 0. The normalized spacial score (nSPS) is 19.5. The molecule has 2 saturated heterocycles. The summed E-state index contributed by atoms with van der Waals surface area (Å²) in [6.45, 7) is 7.72. The number of rotatable bonds is 5. The van der Waals surface area contributed by atoms with E-state index in [1.165, 1.54) is 23.1 Å². The molecule has 3 aromatic rings. The molecule has 1 atom stereocenters. The average molecular weight is 443 g/mol. The number of aryl methyl sites for hydroxylation is 1. The Balaban J connectivity index is 0.00000259. The fourth-order valence-corrected chi connectivity index (χ4v) is 4.48. The number of aromatic nitrogens is 3. The van der Waals surface area contributed by atoms with Crippen molar-refractivity contribution in [1.82, 2.24) is 19.7 Å². The first-order chi connectivity index (χ1) is 15.5. The van der Waals surface area contributed by atoms with Crippen molar-refractivity contribution in [3.05, 3.63) is 59.9 Å². The van der Waals surface area contributed by atoms with Gasteiger partial charge in [-0.25, -0.2) is 13.5 Å². The molecule has 2 aliphatic rings. The standard InChI is InChI=1S/C23H26F2N6O.H2/c1-16-8-19(27-23-26-15-31(28-23)22-11-17(24)10-18(25)12-22)13-21(9-16)30-3-2-20(14-30)29-4-6-32-7-5-29;/h8-13,15,20H,2-7,14H2,1H3,(H,27,28);1H. The lowest BCUT2D eigenvalue weighted by molar-refractivity contribution is 0.0209. The molecule has 170 valence electrons. The average Bonchev–Trinajstić information content (AvgIpc) is 3.43. The zero-order valence-electron chi connectivity index (χ0n) is 18.0. The van der Waals surface area contributed by atoms with Crippen molar-refractivity contribution in [3.63, 3.8) is 0 Å². The summed E-state index contributed by atoms with van der Waals surface area (Å²) in [7, 11) is 0. The van der Waals surface area contributed by atoms with Gasteiger partial charge in [-0.2, -0.15) is 4.98 Å². The Hall–Kier alpha value is -3.04. The molecule has 2 aliphatic heterocycles. The second kappa shape index (κ2) is 8.84. The van der Waals surface area contributed by atoms with Crippen LogP contribution in [0, 0.1) is 18.6 Å². The number of nitrogens with one attached hydrogen (secondary N) is 1. The van der Waals surface area contributed by atoms with Crippen LogP contribution in [-0.2, 0) is 4.74 Å². The highest BCUT2D eigenvalue weighted by Crippen LogP contribution is 2.28. The van der Waals surface area contributed by atoms with Crippen LogP contribution in [0.25, 0.3) is 5.69 Å². The highest BCUT2D eigenvalue weighted by Gasteiger charge is 2.29. The van der Waals surface area contributed by atoms with Gasteiger partial charge < -0.3 is 15.0 Å². The van der Waals surface area contributed by atoms with E-state index in [1.807, 2.05) is 6.07 Å². The van der Waals surface area contributed by atoms with Gasteiger partial charge in [0.25, 0.3) is 0 Å². The van der Waals surface area contributed by atoms with Gasteiger partial charge in [0, 0.05) is 51.1 Å². The molecule has 1 unspecified atom stereocenters. The first kappa shape index (κ1) is 20.8. The van der Waals surface area contributed by atoms with E-state index in [-0.39, 0.29) is 7.11 Å². The quantitative estimate of drug-likeness (QED) is 0.650. The largest absolute Gasteiger partial charge is 0.379 e. The van der Waals surface area contributed by atoms with E-state index in [0.29, 0.717) is 12.0 Å². The van der Waals surface area contributed by atoms with E-state index in [4.69, 9.17) is 4.74 Å². The summed E-state index contributed by atoms with van der Waals surface area (Å²) in [5, 5.41) is 7.54. The highest BCUT2D eigenvalue weighted by atomic mass is 19.1. The lowest BCUT2D eigenvalue weighted by Crippen LogP contribution is -2.44. The van der Waals surface area contributed by atoms with Gasteiger partial charge in [-0.1, -0.05) is 0 Å². The van der Waals surface area contributed by atoms with Gasteiger partial charge in [0.05, 0.1) is 18.9 Å². The first-order valence-corrected chi connectivity index (χ1v) is 10.9. The summed E-state index contributed by atoms with van der Waals surface area (Å²) in [4.78, 5) is 9.19. The van der Waals surface area contributed by atoms with Gasteiger partial charge in [0.15, 0.2) is 0 Å². The number of anilines is 3. The minimum absolute atomic E-state index is 0. The van der Waals surface area contributed by atoms with Crippen LogP contribution in [0.4, 0.5) is 26.1 Å². The minimum atomic E-state index is -0.658. The molecule has 9 heteroatoms. The van der Waals surface area contributed by atoms with Gasteiger partial charge in [0.1, 0.15) is 18.0 Å². The van der Waals surface area contributed by atoms with Crippen molar-refractivity contribution >= 4 is 17.3 Å². The van der Waals surface area contributed by atoms with E-state index in [1.54, 1.807) is 0 Å². The van der Waals surface area contributed by atoms with Crippen molar-refractivity contribution < 1.29 is 14.9 Å². The highest BCUT2D eigenvalue weighted by molar-refractivity contribution is 5.64. The maximum Gasteiger partial charge on any atom is 0.246 e. The molecule has 0 bridgehead atoms. The number of halogens is 2. The zero-order chi connectivity index (χ0) is 22.1. The fraction of sp³-hybridized carbons (Fsp3) is 0.391. The van der Waals surface area contributed by atoms with Crippen molar-refractivity contribution in [2.45, 2.75) is 19.4 Å². The fourth-order valence-electron chi connectivity index (χ4n) is 4.48. The minimum Gasteiger partial charge on any atom is -0.379 e. The van der Waals surface area contributed by atoms with Crippen LogP contribution in [0.3, 0.4) is 0 Å². The number of hydrogen-bond donors (Lipinski definition) is 1. The zero-order valence-corrected chi connectivity index (χ0v) is 18.0. The van der Waals surface area contributed by atoms with Crippen molar-refractivity contribution in [2.24, 2.45) is 0 Å². The Kier molecular flexibility index (Phi) is 5.75. The van der Waals surface area contributed by atoms with Gasteiger partial charge >= 0.3 is 0 Å². The van der Waals surface area contributed by atoms with Gasteiger partial charge in [-0.3, -0.25) is 4.90 Å². The summed E-state index contributed by atoms with van der Waals surface area (Å²) in [6, 6.07) is 10.1. The molecule has 32 heavy (non-hydrogen) atoms. The predicted octanol–water partition coefficient (Wildman–Crippen LogP) is 3.75.